The lowest BCUT2D eigenvalue weighted by Crippen LogP contribution is -2.49. The zero-order valence-corrected chi connectivity index (χ0v) is 14.8. The fraction of sp³-hybridized carbons (Fsp3) is 0.750. The Morgan fingerprint density at radius 1 is 1.35 bits per heavy atom. The summed E-state index contributed by atoms with van der Waals surface area (Å²) in [6.45, 7) is 8.88. The fourth-order valence-corrected chi connectivity index (χ4v) is 4.17. The molecule has 0 bridgehead atoms. The summed E-state index contributed by atoms with van der Waals surface area (Å²) < 4.78 is 5.69. The van der Waals surface area contributed by atoms with Gasteiger partial charge in [-0.3, -0.25) is 9.69 Å². The highest BCUT2D eigenvalue weighted by molar-refractivity contribution is 7.13. The van der Waals surface area contributed by atoms with Crippen LogP contribution in [-0.2, 0) is 16.1 Å². The van der Waals surface area contributed by atoms with E-state index in [-0.39, 0.29) is 18.1 Å². The lowest BCUT2D eigenvalue weighted by Gasteiger charge is -2.34. The van der Waals surface area contributed by atoms with Gasteiger partial charge in [-0.05, 0) is 26.7 Å². The number of hydrogen-bond donors (Lipinski definition) is 1. The van der Waals surface area contributed by atoms with E-state index >= 15 is 0 Å². The Hall–Kier alpha value is -1.18. The third-order valence-electron chi connectivity index (χ3n) is 4.25. The topological polar surface area (TPSA) is 57.7 Å². The summed E-state index contributed by atoms with van der Waals surface area (Å²) in [4.78, 5) is 21.2. The van der Waals surface area contributed by atoms with Crippen molar-refractivity contribution in [2.24, 2.45) is 0 Å². The van der Waals surface area contributed by atoms with Crippen molar-refractivity contribution in [2.45, 2.75) is 45.4 Å². The van der Waals surface area contributed by atoms with Gasteiger partial charge in [0.05, 0.1) is 31.0 Å². The first-order chi connectivity index (χ1) is 11.1. The van der Waals surface area contributed by atoms with Gasteiger partial charge in [-0.25, -0.2) is 4.98 Å². The lowest BCUT2D eigenvalue weighted by atomic mass is 10.2. The van der Waals surface area contributed by atoms with Gasteiger partial charge in [0.1, 0.15) is 0 Å². The van der Waals surface area contributed by atoms with E-state index in [0.717, 1.165) is 37.0 Å². The number of rotatable bonds is 5. The zero-order chi connectivity index (χ0) is 16.2. The van der Waals surface area contributed by atoms with Gasteiger partial charge in [0.25, 0.3) is 0 Å². The van der Waals surface area contributed by atoms with Crippen molar-refractivity contribution in [3.63, 3.8) is 0 Å². The van der Waals surface area contributed by atoms with Crippen molar-refractivity contribution in [3.05, 3.63) is 11.1 Å². The van der Waals surface area contributed by atoms with E-state index in [0.29, 0.717) is 13.1 Å². The van der Waals surface area contributed by atoms with Crippen LogP contribution in [0.2, 0.25) is 0 Å². The van der Waals surface area contributed by atoms with Crippen molar-refractivity contribution >= 4 is 22.4 Å². The fourth-order valence-electron chi connectivity index (χ4n) is 3.29. The number of carbonyl (C=O) groups excluding carboxylic acids is 1. The Labute approximate surface area is 141 Å². The molecule has 2 aliphatic rings. The molecule has 128 valence electrons. The molecule has 0 aromatic carbocycles. The predicted octanol–water partition coefficient (Wildman–Crippen LogP) is 1.47. The van der Waals surface area contributed by atoms with Crippen LogP contribution in [0.1, 0.15) is 32.4 Å². The van der Waals surface area contributed by atoms with Crippen molar-refractivity contribution < 1.29 is 9.53 Å². The molecule has 1 amide bonds. The zero-order valence-electron chi connectivity index (χ0n) is 14.0. The number of hydrogen-bond acceptors (Lipinski definition) is 6. The first kappa shape index (κ1) is 16.7. The third-order valence-corrected chi connectivity index (χ3v) is 5.20. The molecule has 1 N–H and O–H groups in total. The molecule has 7 heteroatoms. The first-order valence-electron chi connectivity index (χ1n) is 8.44. The number of nitrogens with zero attached hydrogens (tertiary/aromatic N) is 3. The number of amides is 1. The summed E-state index contributed by atoms with van der Waals surface area (Å²) in [5, 5.41) is 6.12. The Kier molecular flexibility index (Phi) is 5.50. The second-order valence-corrected chi connectivity index (χ2v) is 7.38. The van der Waals surface area contributed by atoms with Crippen molar-refractivity contribution in [3.8, 4) is 0 Å². The van der Waals surface area contributed by atoms with E-state index in [1.165, 1.54) is 12.8 Å². The molecule has 2 saturated heterocycles. The van der Waals surface area contributed by atoms with E-state index in [1.807, 2.05) is 5.38 Å². The maximum absolute atomic E-state index is 12.1. The summed E-state index contributed by atoms with van der Waals surface area (Å²) in [7, 11) is 0. The standard InChI is InChI=1S/C16H26N4O2S/c1-12-8-19(9-13(2)22-12)10-15(21)17-7-14-11-23-16(18-14)20-5-3-4-6-20/h11-13H,3-10H2,1-2H3,(H,17,21)/t12-,13+. The molecular formula is C16H26N4O2S. The normalized spacial score (nSPS) is 25.7. The van der Waals surface area contributed by atoms with Crippen LogP contribution in [0.4, 0.5) is 5.13 Å². The predicted molar refractivity (Wildman–Crippen MR) is 91.9 cm³/mol. The Morgan fingerprint density at radius 2 is 2.04 bits per heavy atom. The van der Waals surface area contributed by atoms with E-state index in [4.69, 9.17) is 4.74 Å². The molecule has 2 aliphatic heterocycles. The molecule has 3 rings (SSSR count). The summed E-state index contributed by atoms with van der Waals surface area (Å²) in [5.74, 6) is 0.0574. The molecule has 23 heavy (non-hydrogen) atoms. The average Bonchev–Trinajstić information content (AvgIpc) is 3.15. The van der Waals surface area contributed by atoms with Crippen LogP contribution >= 0.6 is 11.3 Å². The number of carbonyl (C=O) groups is 1. The molecule has 6 nitrogen and oxygen atoms in total. The molecule has 1 aromatic heterocycles. The number of aromatic nitrogens is 1. The van der Waals surface area contributed by atoms with Gasteiger partial charge in [0, 0.05) is 31.6 Å². The number of nitrogens with one attached hydrogen (secondary N) is 1. The van der Waals surface area contributed by atoms with Gasteiger partial charge in [0.15, 0.2) is 5.13 Å². The summed E-state index contributed by atoms with van der Waals surface area (Å²) in [6.07, 6.45) is 2.88. The van der Waals surface area contributed by atoms with E-state index < -0.39 is 0 Å². The summed E-state index contributed by atoms with van der Waals surface area (Å²) in [5.41, 5.74) is 0.953. The SMILES string of the molecule is C[C@@H]1CN(CC(=O)NCc2csc(N3CCCC3)n2)C[C@H](C)O1. The Balaban J connectivity index is 1.43. The molecule has 0 saturated carbocycles. The van der Waals surface area contributed by atoms with Gasteiger partial charge >= 0.3 is 0 Å². The van der Waals surface area contributed by atoms with Crippen LogP contribution in [0.3, 0.4) is 0 Å². The van der Waals surface area contributed by atoms with E-state index in [2.05, 4.69) is 33.9 Å². The smallest absolute Gasteiger partial charge is 0.234 e. The molecule has 0 unspecified atom stereocenters. The lowest BCUT2D eigenvalue weighted by molar-refractivity contribution is -0.126. The molecule has 1 aromatic rings. The molecule has 3 heterocycles. The Bertz CT molecular complexity index is 520. The van der Waals surface area contributed by atoms with Crippen LogP contribution < -0.4 is 10.2 Å². The van der Waals surface area contributed by atoms with Crippen LogP contribution in [0.15, 0.2) is 5.38 Å². The monoisotopic (exact) mass is 338 g/mol. The minimum Gasteiger partial charge on any atom is -0.373 e. The van der Waals surface area contributed by atoms with Gasteiger partial charge in [-0.2, -0.15) is 0 Å². The van der Waals surface area contributed by atoms with Crippen molar-refractivity contribution in [2.75, 3.05) is 37.6 Å². The van der Waals surface area contributed by atoms with Crippen LogP contribution in [0.5, 0.6) is 0 Å². The highest BCUT2D eigenvalue weighted by atomic mass is 32.1. The molecule has 0 radical (unpaired) electrons. The number of thiazole rings is 1. The third kappa shape index (κ3) is 4.65. The second kappa shape index (κ2) is 7.59. The molecule has 2 fully saturated rings. The van der Waals surface area contributed by atoms with Crippen molar-refractivity contribution in [1.29, 1.82) is 0 Å². The van der Waals surface area contributed by atoms with Crippen LogP contribution in [-0.4, -0.2) is 60.7 Å². The van der Waals surface area contributed by atoms with E-state index in [1.54, 1.807) is 11.3 Å². The number of morpholine rings is 1. The van der Waals surface area contributed by atoms with Crippen LogP contribution in [0.25, 0.3) is 0 Å². The number of anilines is 1. The first-order valence-corrected chi connectivity index (χ1v) is 9.32. The van der Waals surface area contributed by atoms with Gasteiger partial charge in [-0.15, -0.1) is 11.3 Å². The summed E-state index contributed by atoms with van der Waals surface area (Å²) >= 11 is 1.67. The highest BCUT2D eigenvalue weighted by Gasteiger charge is 2.23. The molecular weight excluding hydrogens is 312 g/mol. The summed E-state index contributed by atoms with van der Waals surface area (Å²) in [6, 6.07) is 0. The van der Waals surface area contributed by atoms with Crippen LogP contribution in [0, 0.1) is 0 Å². The van der Waals surface area contributed by atoms with E-state index in [9.17, 15) is 4.79 Å². The maximum atomic E-state index is 12.1. The second-order valence-electron chi connectivity index (χ2n) is 6.54. The molecule has 0 spiro atoms. The average molecular weight is 338 g/mol. The minimum absolute atomic E-state index is 0.0574. The number of ether oxygens (including phenoxy) is 1. The van der Waals surface area contributed by atoms with Gasteiger partial charge in [0.2, 0.25) is 5.91 Å². The highest BCUT2D eigenvalue weighted by Crippen LogP contribution is 2.24. The van der Waals surface area contributed by atoms with Gasteiger partial charge < -0.3 is 15.0 Å². The largest absolute Gasteiger partial charge is 0.373 e. The molecule has 0 aliphatic carbocycles. The Morgan fingerprint density at radius 3 is 2.74 bits per heavy atom. The maximum Gasteiger partial charge on any atom is 0.234 e. The van der Waals surface area contributed by atoms with Gasteiger partial charge in [-0.1, -0.05) is 0 Å². The van der Waals surface area contributed by atoms with Crippen molar-refractivity contribution in [1.82, 2.24) is 15.2 Å². The minimum atomic E-state index is 0.0574. The molecule has 2 atom stereocenters. The quantitative estimate of drug-likeness (QED) is 0.881.